The maximum atomic E-state index is 13.2. The van der Waals surface area contributed by atoms with Crippen molar-refractivity contribution in [1.82, 2.24) is 10.3 Å². The van der Waals surface area contributed by atoms with Gasteiger partial charge in [-0.15, -0.1) is 0 Å². The molecule has 5 nitrogen and oxygen atoms in total. The van der Waals surface area contributed by atoms with Crippen molar-refractivity contribution >= 4 is 28.3 Å². The van der Waals surface area contributed by atoms with Crippen LogP contribution in [0.4, 0.5) is 11.5 Å². The van der Waals surface area contributed by atoms with Gasteiger partial charge in [-0.25, -0.2) is 4.98 Å². The van der Waals surface area contributed by atoms with Crippen LogP contribution >= 0.6 is 0 Å². The van der Waals surface area contributed by atoms with E-state index in [1.165, 1.54) is 51.4 Å². The molecule has 3 atom stereocenters. The summed E-state index contributed by atoms with van der Waals surface area (Å²) < 4.78 is 0. The van der Waals surface area contributed by atoms with E-state index >= 15 is 0 Å². The standard InChI is InChI=1S/C32H42N4O/c37-31(19-32-16-22-11-23(17-32)13-24(12-22)18-32)36-29-4-1-3-28-27(29)7-8-30(35-28)34-10-2-9-33-20-26-15-21-5-6-25(26)14-21/h1,3-8,21-26,33H,2,9-20H2,(H,34,35)(H,36,37). The van der Waals surface area contributed by atoms with Crippen LogP contribution in [0.3, 0.4) is 0 Å². The van der Waals surface area contributed by atoms with Crippen molar-refractivity contribution in [2.24, 2.45) is 40.9 Å². The van der Waals surface area contributed by atoms with Crippen molar-refractivity contribution in [1.29, 1.82) is 0 Å². The molecule has 6 bridgehead atoms. The molecule has 5 heteroatoms. The normalized spacial score (nSPS) is 34.9. The predicted octanol–water partition coefficient (Wildman–Crippen LogP) is 6.38. The summed E-state index contributed by atoms with van der Waals surface area (Å²) >= 11 is 0. The Morgan fingerprint density at radius 2 is 1.73 bits per heavy atom. The van der Waals surface area contributed by atoms with Gasteiger partial charge < -0.3 is 16.0 Å². The fourth-order valence-corrected chi connectivity index (χ4v) is 9.25. The second-order valence-corrected chi connectivity index (χ2v) is 13.2. The van der Waals surface area contributed by atoms with Crippen molar-refractivity contribution in [2.75, 3.05) is 30.3 Å². The third-order valence-corrected chi connectivity index (χ3v) is 10.4. The Morgan fingerprint density at radius 3 is 2.46 bits per heavy atom. The molecule has 8 rings (SSSR count). The summed E-state index contributed by atoms with van der Waals surface area (Å²) in [5.74, 6) is 6.24. The molecule has 1 aromatic carbocycles. The number of hydrogen-bond donors (Lipinski definition) is 3. The van der Waals surface area contributed by atoms with Crippen molar-refractivity contribution in [3.05, 3.63) is 42.5 Å². The largest absolute Gasteiger partial charge is 0.370 e. The van der Waals surface area contributed by atoms with Crippen LogP contribution < -0.4 is 16.0 Å². The van der Waals surface area contributed by atoms with Crippen molar-refractivity contribution in [3.63, 3.8) is 0 Å². The number of fused-ring (bicyclic) bond motifs is 3. The predicted molar refractivity (Wildman–Crippen MR) is 150 cm³/mol. The number of anilines is 2. The first-order valence-electron chi connectivity index (χ1n) is 14.9. The fourth-order valence-electron chi connectivity index (χ4n) is 9.25. The molecule has 0 radical (unpaired) electrons. The van der Waals surface area contributed by atoms with E-state index in [4.69, 9.17) is 4.98 Å². The summed E-state index contributed by atoms with van der Waals surface area (Å²) in [5.41, 5.74) is 2.09. The molecule has 0 aliphatic heterocycles. The van der Waals surface area contributed by atoms with E-state index in [-0.39, 0.29) is 11.3 Å². The van der Waals surface area contributed by atoms with Gasteiger partial charge in [0.25, 0.3) is 0 Å². The highest BCUT2D eigenvalue weighted by molar-refractivity contribution is 6.01. The van der Waals surface area contributed by atoms with Gasteiger partial charge in [-0.05, 0) is 136 Å². The van der Waals surface area contributed by atoms with Crippen LogP contribution in [0, 0.1) is 40.9 Å². The molecule has 6 aliphatic carbocycles. The number of allylic oxidation sites excluding steroid dienone is 2. The average molecular weight is 499 g/mol. The molecule has 6 aliphatic rings. The van der Waals surface area contributed by atoms with E-state index in [2.05, 4.69) is 34.2 Å². The lowest BCUT2D eigenvalue weighted by atomic mass is 9.49. The highest BCUT2D eigenvalue weighted by atomic mass is 16.1. The molecule has 1 amide bonds. The minimum Gasteiger partial charge on any atom is -0.370 e. The van der Waals surface area contributed by atoms with Gasteiger partial charge in [-0.1, -0.05) is 18.2 Å². The quantitative estimate of drug-likeness (QED) is 0.263. The Hall–Kier alpha value is -2.40. The number of hydrogen-bond acceptors (Lipinski definition) is 4. The molecule has 5 saturated carbocycles. The maximum Gasteiger partial charge on any atom is 0.224 e. The Kier molecular flexibility index (Phi) is 6.23. The minimum atomic E-state index is 0.186. The van der Waals surface area contributed by atoms with Gasteiger partial charge in [-0.2, -0.15) is 0 Å². The number of amides is 1. The van der Waals surface area contributed by atoms with E-state index in [0.29, 0.717) is 6.42 Å². The summed E-state index contributed by atoms with van der Waals surface area (Å²) in [4.78, 5) is 18.0. The lowest BCUT2D eigenvalue weighted by Crippen LogP contribution is -2.47. The zero-order chi connectivity index (χ0) is 24.8. The summed E-state index contributed by atoms with van der Waals surface area (Å²) in [5, 5.41) is 11.4. The second-order valence-electron chi connectivity index (χ2n) is 13.2. The Bertz CT molecular complexity index is 1150. The Labute approximate surface area is 221 Å². The molecular formula is C32H42N4O. The molecular weight excluding hydrogens is 456 g/mol. The van der Waals surface area contributed by atoms with Gasteiger partial charge in [0.15, 0.2) is 0 Å². The zero-order valence-corrected chi connectivity index (χ0v) is 22.1. The Morgan fingerprint density at radius 1 is 0.919 bits per heavy atom. The number of aromatic nitrogens is 1. The fraction of sp³-hybridized carbons (Fsp3) is 0.625. The first-order valence-corrected chi connectivity index (χ1v) is 14.9. The monoisotopic (exact) mass is 498 g/mol. The number of rotatable bonds is 10. The molecule has 5 fully saturated rings. The van der Waals surface area contributed by atoms with Crippen molar-refractivity contribution in [3.8, 4) is 0 Å². The zero-order valence-electron chi connectivity index (χ0n) is 22.1. The molecule has 3 unspecified atom stereocenters. The third-order valence-electron chi connectivity index (χ3n) is 10.4. The van der Waals surface area contributed by atoms with E-state index in [0.717, 1.165) is 84.0 Å². The third kappa shape index (κ3) is 4.92. The molecule has 2 aromatic rings. The van der Waals surface area contributed by atoms with E-state index < -0.39 is 0 Å². The first-order chi connectivity index (χ1) is 18.1. The van der Waals surface area contributed by atoms with Crippen LogP contribution in [0.2, 0.25) is 0 Å². The number of carbonyl (C=O) groups excluding carboxylic acids is 1. The van der Waals surface area contributed by atoms with E-state index in [9.17, 15) is 4.79 Å². The van der Waals surface area contributed by atoms with Gasteiger partial charge >= 0.3 is 0 Å². The summed E-state index contributed by atoms with van der Waals surface area (Å²) in [6.07, 6.45) is 17.4. The maximum absolute atomic E-state index is 13.2. The molecule has 196 valence electrons. The highest BCUT2D eigenvalue weighted by Crippen LogP contribution is 2.61. The average Bonchev–Trinajstić information content (AvgIpc) is 3.48. The van der Waals surface area contributed by atoms with Crippen LogP contribution in [0.5, 0.6) is 0 Å². The molecule has 0 saturated heterocycles. The second kappa shape index (κ2) is 9.72. The van der Waals surface area contributed by atoms with Crippen LogP contribution in [-0.2, 0) is 4.79 Å². The van der Waals surface area contributed by atoms with Gasteiger partial charge in [0.05, 0.1) is 11.2 Å². The Balaban J connectivity index is 0.906. The lowest BCUT2D eigenvalue weighted by Gasteiger charge is -2.56. The topological polar surface area (TPSA) is 66.0 Å². The van der Waals surface area contributed by atoms with Crippen LogP contribution in [0.1, 0.15) is 64.2 Å². The molecule has 1 heterocycles. The van der Waals surface area contributed by atoms with E-state index in [1.807, 2.05) is 24.3 Å². The van der Waals surface area contributed by atoms with E-state index in [1.54, 1.807) is 0 Å². The van der Waals surface area contributed by atoms with Crippen LogP contribution in [0.25, 0.3) is 10.9 Å². The van der Waals surface area contributed by atoms with Crippen LogP contribution in [-0.4, -0.2) is 30.5 Å². The minimum absolute atomic E-state index is 0.186. The first kappa shape index (κ1) is 23.7. The highest BCUT2D eigenvalue weighted by Gasteiger charge is 2.51. The van der Waals surface area contributed by atoms with Gasteiger partial charge in [0.1, 0.15) is 5.82 Å². The van der Waals surface area contributed by atoms with Crippen LogP contribution in [0.15, 0.2) is 42.5 Å². The summed E-state index contributed by atoms with van der Waals surface area (Å²) in [7, 11) is 0. The summed E-state index contributed by atoms with van der Waals surface area (Å²) in [6.45, 7) is 3.10. The lowest BCUT2D eigenvalue weighted by molar-refractivity contribution is -0.124. The van der Waals surface area contributed by atoms with Gasteiger partial charge in [0, 0.05) is 18.4 Å². The number of pyridine rings is 1. The number of nitrogens with one attached hydrogen (secondary N) is 3. The molecule has 3 N–H and O–H groups in total. The number of benzene rings is 1. The number of carbonyl (C=O) groups is 1. The smallest absolute Gasteiger partial charge is 0.224 e. The van der Waals surface area contributed by atoms with Gasteiger partial charge in [0.2, 0.25) is 5.91 Å². The summed E-state index contributed by atoms with van der Waals surface area (Å²) in [6, 6.07) is 10.2. The SMILES string of the molecule is O=C(CC12CC3CC(CC(C3)C1)C2)Nc1cccc2nc(NCCCNCC3CC4C=CC3C4)ccc12. The molecule has 37 heavy (non-hydrogen) atoms. The van der Waals surface area contributed by atoms with Crippen molar-refractivity contribution < 1.29 is 4.79 Å². The number of nitrogens with zero attached hydrogens (tertiary/aromatic N) is 1. The van der Waals surface area contributed by atoms with Crippen molar-refractivity contribution in [2.45, 2.75) is 64.2 Å². The molecule has 1 aromatic heterocycles. The molecule has 0 spiro atoms. The van der Waals surface area contributed by atoms with Gasteiger partial charge in [-0.3, -0.25) is 4.79 Å².